The monoisotopic (exact) mass is 1190 g/mol. The number of Topliss-reactive ketones (excluding diaryl/α,β-unsaturated/α-hetero) is 2. The maximum atomic E-state index is 13.2. The summed E-state index contributed by atoms with van der Waals surface area (Å²) in [6.45, 7) is 2.75. The Morgan fingerprint density at radius 3 is 1.29 bits per heavy atom. The number of pyridine rings is 2. The molecular weight excluding hydrogens is 1140 g/mol. The summed E-state index contributed by atoms with van der Waals surface area (Å²) in [7, 11) is 1.63. The summed E-state index contributed by atoms with van der Waals surface area (Å²) in [6.07, 6.45) is -5.00. The van der Waals surface area contributed by atoms with E-state index in [2.05, 4.69) is 9.97 Å². The Hall–Kier alpha value is -8.04. The van der Waals surface area contributed by atoms with Crippen molar-refractivity contribution >= 4 is 56.6 Å². The van der Waals surface area contributed by atoms with Crippen LogP contribution in [-0.2, 0) is 52.4 Å². The number of ketones is 2. The average Bonchev–Trinajstić information content (AvgIpc) is 3.19. The number of aliphatic hydroxyl groups is 1. The van der Waals surface area contributed by atoms with Crippen molar-refractivity contribution in [2.24, 2.45) is 0 Å². The Bertz CT molecular complexity index is 3610. The predicted octanol–water partition coefficient (Wildman–Crippen LogP) is 13.8. The molecule has 0 fully saturated rings. The standard InChI is InChI=1S/C31H27ClF3NO6.C30H25ClF3NO6/c1-38-11-2-12-39-27-18-25-28(30-29(27)40-13-14-41-30)26(9-10-36-25)42-22-6-3-19(4-7-22)15-21(37)16-20-5-8-24(32)23(17-20)31(33,34)35;31-23-7-4-19(16-22(23)30(32,33)34)15-20(37)14-18-2-5-21(6-3-18)41-25-8-9-35-24-17-26(38-11-1-10-36)28-29(27(24)25)40-13-12-39-28/h3-10,17-18H,2,11-16H2,1H3;2-9,16-17,36H,1,10-15H2. The number of carbonyl (C=O) groups excluding carboxylic acids is 2. The molecule has 2 aromatic heterocycles. The highest BCUT2D eigenvalue weighted by molar-refractivity contribution is 6.31. The van der Waals surface area contributed by atoms with Crippen molar-refractivity contribution in [3.8, 4) is 57.5 Å². The minimum atomic E-state index is -4.60. The van der Waals surface area contributed by atoms with E-state index in [1.807, 2.05) is 0 Å². The Labute approximate surface area is 481 Å². The lowest BCUT2D eigenvalue weighted by atomic mass is 10.0. The van der Waals surface area contributed by atoms with Gasteiger partial charge in [0.2, 0.25) is 11.5 Å². The van der Waals surface area contributed by atoms with Gasteiger partial charge in [-0.25, -0.2) is 0 Å². The van der Waals surface area contributed by atoms with Crippen LogP contribution in [0, 0.1) is 0 Å². The third-order valence-corrected chi connectivity index (χ3v) is 13.4. The summed E-state index contributed by atoms with van der Waals surface area (Å²) in [4.78, 5) is 34.1. The van der Waals surface area contributed by atoms with Gasteiger partial charge >= 0.3 is 12.4 Å². The van der Waals surface area contributed by atoms with Crippen LogP contribution in [0.25, 0.3) is 21.8 Å². The number of benzene rings is 6. The first-order valence-corrected chi connectivity index (χ1v) is 26.8. The molecule has 0 radical (unpaired) electrons. The molecule has 22 heteroatoms. The summed E-state index contributed by atoms with van der Waals surface area (Å²) in [5.41, 5.74) is 1.14. The van der Waals surface area contributed by atoms with Gasteiger partial charge < -0.3 is 47.7 Å². The molecule has 0 bridgehead atoms. The fourth-order valence-electron chi connectivity index (χ4n) is 9.00. The van der Waals surface area contributed by atoms with Crippen LogP contribution >= 0.6 is 23.2 Å². The molecule has 2 aliphatic heterocycles. The van der Waals surface area contributed by atoms with E-state index >= 15 is 0 Å². The van der Waals surface area contributed by atoms with Crippen LogP contribution in [0.5, 0.6) is 57.5 Å². The van der Waals surface area contributed by atoms with E-state index in [1.165, 1.54) is 12.1 Å². The van der Waals surface area contributed by atoms with Crippen LogP contribution in [0.2, 0.25) is 10.0 Å². The van der Waals surface area contributed by atoms with E-state index < -0.39 is 33.5 Å². The number of halogens is 8. The van der Waals surface area contributed by atoms with Crippen molar-refractivity contribution in [3.05, 3.63) is 165 Å². The zero-order chi connectivity index (χ0) is 58.7. The number of carbonyl (C=O) groups is 2. The van der Waals surface area contributed by atoms with E-state index in [1.54, 1.807) is 92.3 Å². The van der Waals surface area contributed by atoms with Crippen LogP contribution in [0.4, 0.5) is 26.3 Å². The molecule has 0 unspecified atom stereocenters. The minimum Gasteiger partial charge on any atom is -0.489 e. The number of rotatable bonds is 21. The predicted molar refractivity (Wildman–Crippen MR) is 295 cm³/mol. The number of methoxy groups -OCH3 is 1. The summed E-state index contributed by atoms with van der Waals surface area (Å²) in [5, 5.41) is 9.51. The second kappa shape index (κ2) is 26.9. The van der Waals surface area contributed by atoms with Gasteiger partial charge in [0.15, 0.2) is 23.0 Å². The number of fused-ring (bicyclic) bond motifs is 6. The molecule has 1 N–H and O–H groups in total. The zero-order valence-corrected chi connectivity index (χ0v) is 45.8. The third kappa shape index (κ3) is 15.2. The highest BCUT2D eigenvalue weighted by Gasteiger charge is 2.35. The first-order chi connectivity index (χ1) is 39.9. The van der Waals surface area contributed by atoms with Crippen LogP contribution in [-0.4, -0.2) is 86.6 Å². The number of aliphatic hydroxyl groups excluding tert-OH is 1. The SMILES string of the molecule is COCCCOc1cc2nccc(Oc3ccc(CC(=O)Cc4ccc(Cl)c(C(F)(F)F)c4)cc3)c2c2c1OCCO2.O=C(Cc1ccc(Oc2ccnc3cc(OCCCO)c4c(c23)OCCO4)cc1)Cc1ccc(Cl)c(C(F)(F)F)c1. The molecule has 4 heterocycles. The van der Waals surface area contributed by atoms with Gasteiger partial charge in [0.25, 0.3) is 0 Å². The Balaban J connectivity index is 0.000000200. The lowest BCUT2D eigenvalue weighted by molar-refractivity contribution is -0.138. The summed E-state index contributed by atoms with van der Waals surface area (Å²) in [5.74, 6) is 4.37. The normalized spacial score (nSPS) is 12.8. The zero-order valence-electron chi connectivity index (χ0n) is 44.3. The highest BCUT2D eigenvalue weighted by atomic mass is 35.5. The van der Waals surface area contributed by atoms with Crippen molar-refractivity contribution in [1.29, 1.82) is 0 Å². The number of alkyl halides is 6. The summed E-state index contributed by atoms with van der Waals surface area (Å²) < 4.78 is 132. The molecule has 6 aromatic carbocycles. The van der Waals surface area contributed by atoms with Crippen LogP contribution in [0.3, 0.4) is 0 Å². The molecule has 0 amide bonds. The molecule has 83 heavy (non-hydrogen) atoms. The van der Waals surface area contributed by atoms with Gasteiger partial charge in [0, 0.05) is 83.4 Å². The average molecular weight is 1190 g/mol. The molecule has 2 aliphatic rings. The second-order valence-corrected chi connectivity index (χ2v) is 19.7. The largest absolute Gasteiger partial charge is 0.489 e. The highest BCUT2D eigenvalue weighted by Crippen LogP contribution is 2.50. The maximum absolute atomic E-state index is 13.2. The van der Waals surface area contributed by atoms with Crippen LogP contribution < -0.4 is 37.9 Å². The van der Waals surface area contributed by atoms with Gasteiger partial charge in [-0.15, -0.1) is 0 Å². The second-order valence-electron chi connectivity index (χ2n) is 18.9. The molecule has 434 valence electrons. The van der Waals surface area contributed by atoms with Crippen molar-refractivity contribution in [1.82, 2.24) is 9.97 Å². The Morgan fingerprint density at radius 2 is 0.892 bits per heavy atom. The van der Waals surface area contributed by atoms with Crippen molar-refractivity contribution < 1.29 is 83.7 Å². The minimum absolute atomic E-state index is 0.00146. The number of nitrogens with zero attached hydrogens (tertiary/aromatic N) is 2. The molecule has 8 aromatic rings. The van der Waals surface area contributed by atoms with Gasteiger partial charge in [0.1, 0.15) is 61.0 Å². The fourth-order valence-corrected chi connectivity index (χ4v) is 9.45. The smallest absolute Gasteiger partial charge is 0.417 e. The molecule has 0 atom stereocenters. The Kier molecular flexibility index (Phi) is 19.3. The van der Waals surface area contributed by atoms with Gasteiger partial charge in [-0.3, -0.25) is 19.6 Å². The molecule has 0 saturated heterocycles. The number of hydrogen-bond donors (Lipinski definition) is 1. The van der Waals surface area contributed by atoms with Crippen LogP contribution in [0.1, 0.15) is 46.2 Å². The van der Waals surface area contributed by atoms with E-state index in [4.69, 9.17) is 70.9 Å². The quantitative estimate of drug-likeness (QED) is 0.0534. The molecule has 0 saturated carbocycles. The van der Waals surface area contributed by atoms with Gasteiger partial charge in [-0.1, -0.05) is 59.6 Å². The maximum Gasteiger partial charge on any atom is 0.417 e. The van der Waals surface area contributed by atoms with Gasteiger partial charge in [-0.05, 0) is 82.9 Å². The number of aromatic nitrogens is 2. The third-order valence-electron chi connectivity index (χ3n) is 12.8. The lowest BCUT2D eigenvalue weighted by Gasteiger charge is -2.23. The van der Waals surface area contributed by atoms with Gasteiger partial charge in [-0.2, -0.15) is 26.3 Å². The van der Waals surface area contributed by atoms with E-state index in [-0.39, 0.29) is 55.0 Å². The summed E-state index contributed by atoms with van der Waals surface area (Å²) in [6, 6.07) is 27.7. The van der Waals surface area contributed by atoms with Crippen LogP contribution in [0.15, 0.2) is 122 Å². The number of ether oxygens (including phenoxy) is 9. The number of hydrogen-bond acceptors (Lipinski definition) is 14. The van der Waals surface area contributed by atoms with E-state index in [9.17, 15) is 35.9 Å². The van der Waals surface area contributed by atoms with Gasteiger partial charge in [0.05, 0.1) is 56.2 Å². The van der Waals surface area contributed by atoms with Crippen molar-refractivity contribution in [2.75, 3.05) is 60.0 Å². The molecule has 10 rings (SSSR count). The van der Waals surface area contributed by atoms with E-state index in [0.29, 0.717) is 150 Å². The van der Waals surface area contributed by atoms with Crippen molar-refractivity contribution in [2.45, 2.75) is 50.9 Å². The Morgan fingerprint density at radius 1 is 0.506 bits per heavy atom. The molecule has 0 aliphatic carbocycles. The van der Waals surface area contributed by atoms with Crippen molar-refractivity contribution in [3.63, 3.8) is 0 Å². The molecule has 14 nitrogen and oxygen atoms in total. The van der Waals surface area contributed by atoms with E-state index in [0.717, 1.165) is 24.3 Å². The first-order valence-electron chi connectivity index (χ1n) is 26.0. The molecular formula is C61H52Cl2F6N2O12. The lowest BCUT2D eigenvalue weighted by Crippen LogP contribution is -2.17. The molecule has 0 spiro atoms. The summed E-state index contributed by atoms with van der Waals surface area (Å²) >= 11 is 11.3. The fraction of sp³-hybridized carbons (Fsp3) is 0.279. The topological polar surface area (TPSA) is 163 Å². The first kappa shape index (κ1) is 59.6.